The van der Waals surface area contributed by atoms with Gasteiger partial charge in [0.25, 0.3) is 0 Å². The monoisotopic (exact) mass is 377 g/mol. The molecule has 0 amide bonds. The summed E-state index contributed by atoms with van der Waals surface area (Å²) in [6.07, 6.45) is -0.911. The summed E-state index contributed by atoms with van der Waals surface area (Å²) in [4.78, 5) is 5.19. The van der Waals surface area contributed by atoms with Crippen LogP contribution in [-0.2, 0) is 13.5 Å². The predicted molar refractivity (Wildman–Crippen MR) is 97.7 cm³/mol. The van der Waals surface area contributed by atoms with E-state index in [2.05, 4.69) is 21.2 Å². The van der Waals surface area contributed by atoms with E-state index in [1.54, 1.807) is 0 Å². The van der Waals surface area contributed by atoms with Gasteiger partial charge in [0.15, 0.2) is 0 Å². The van der Waals surface area contributed by atoms with E-state index in [4.69, 9.17) is 0 Å². The third kappa shape index (κ3) is 3.79. The van der Waals surface area contributed by atoms with Gasteiger partial charge >= 0.3 is 6.18 Å². The number of benzene rings is 1. The van der Waals surface area contributed by atoms with Crippen molar-refractivity contribution in [3.05, 3.63) is 41.9 Å². The number of hydrogen-bond acceptors (Lipinski definition) is 3. The van der Waals surface area contributed by atoms with Crippen LogP contribution in [0.3, 0.4) is 0 Å². The SMILES string of the molecule is Cn1c(Cc2c[nH]c3ccccc23)nnc1N1CCCC(CC(F)(F)F)C1. The molecule has 3 aromatic rings. The van der Waals surface area contributed by atoms with Gasteiger partial charge in [0, 0.05) is 50.1 Å². The molecule has 0 bridgehead atoms. The molecular formula is C19H22F3N5. The van der Waals surface area contributed by atoms with Crippen LogP contribution in [-0.4, -0.2) is 39.0 Å². The molecule has 4 rings (SSSR count). The van der Waals surface area contributed by atoms with Gasteiger partial charge in [-0.05, 0) is 30.4 Å². The van der Waals surface area contributed by atoms with Gasteiger partial charge in [-0.2, -0.15) is 13.2 Å². The number of anilines is 1. The number of nitrogens with one attached hydrogen (secondary N) is 1. The Morgan fingerprint density at radius 3 is 2.85 bits per heavy atom. The molecule has 1 unspecified atom stereocenters. The molecule has 1 atom stereocenters. The molecule has 2 aromatic heterocycles. The van der Waals surface area contributed by atoms with Crippen molar-refractivity contribution in [1.29, 1.82) is 0 Å². The Hall–Kier alpha value is -2.51. The maximum Gasteiger partial charge on any atom is 0.389 e. The number of aromatic nitrogens is 4. The van der Waals surface area contributed by atoms with Crippen molar-refractivity contribution in [1.82, 2.24) is 19.7 Å². The normalized spacial score (nSPS) is 18.4. The highest BCUT2D eigenvalue weighted by Crippen LogP contribution is 2.31. The van der Waals surface area contributed by atoms with Crippen molar-refractivity contribution in [2.24, 2.45) is 13.0 Å². The number of aromatic amines is 1. The molecule has 144 valence electrons. The molecule has 0 radical (unpaired) electrons. The lowest BCUT2D eigenvalue weighted by Gasteiger charge is -2.33. The van der Waals surface area contributed by atoms with Crippen LogP contribution in [0.15, 0.2) is 30.5 Å². The molecule has 1 N–H and O–H groups in total. The van der Waals surface area contributed by atoms with Gasteiger partial charge in [0.2, 0.25) is 5.95 Å². The first kappa shape index (κ1) is 17.9. The van der Waals surface area contributed by atoms with Crippen LogP contribution in [0.1, 0.15) is 30.7 Å². The van der Waals surface area contributed by atoms with Crippen molar-refractivity contribution in [2.45, 2.75) is 31.9 Å². The smallest absolute Gasteiger partial charge is 0.361 e. The molecule has 1 fully saturated rings. The van der Waals surface area contributed by atoms with E-state index in [1.165, 1.54) is 0 Å². The Balaban J connectivity index is 1.52. The second kappa shape index (κ2) is 6.90. The summed E-state index contributed by atoms with van der Waals surface area (Å²) in [5, 5.41) is 9.73. The summed E-state index contributed by atoms with van der Waals surface area (Å²) >= 11 is 0. The lowest BCUT2D eigenvalue weighted by molar-refractivity contribution is -0.144. The fourth-order valence-electron chi connectivity index (χ4n) is 3.97. The lowest BCUT2D eigenvalue weighted by Crippen LogP contribution is -2.38. The van der Waals surface area contributed by atoms with Crippen LogP contribution in [0.2, 0.25) is 0 Å². The van der Waals surface area contributed by atoms with E-state index < -0.39 is 12.6 Å². The maximum absolute atomic E-state index is 12.7. The Morgan fingerprint density at radius 2 is 2.04 bits per heavy atom. The number of nitrogens with zero attached hydrogens (tertiary/aromatic N) is 4. The Morgan fingerprint density at radius 1 is 1.22 bits per heavy atom. The highest BCUT2D eigenvalue weighted by Gasteiger charge is 2.34. The number of H-pyrrole nitrogens is 1. The Kier molecular flexibility index (Phi) is 4.57. The first-order chi connectivity index (χ1) is 12.9. The van der Waals surface area contributed by atoms with Crippen LogP contribution in [0.4, 0.5) is 19.1 Å². The molecule has 5 nitrogen and oxygen atoms in total. The minimum Gasteiger partial charge on any atom is -0.361 e. The second-order valence-corrected chi connectivity index (χ2v) is 7.29. The van der Waals surface area contributed by atoms with Crippen molar-refractivity contribution < 1.29 is 13.2 Å². The summed E-state index contributed by atoms with van der Waals surface area (Å²) < 4.78 is 40.1. The summed E-state index contributed by atoms with van der Waals surface area (Å²) in [5.74, 6) is 1.07. The minimum absolute atomic E-state index is 0.374. The van der Waals surface area contributed by atoms with Crippen LogP contribution in [0, 0.1) is 5.92 Å². The molecule has 0 aliphatic carbocycles. The molecule has 1 saturated heterocycles. The van der Waals surface area contributed by atoms with E-state index in [1.807, 2.05) is 40.9 Å². The number of hydrogen-bond donors (Lipinski definition) is 1. The highest BCUT2D eigenvalue weighted by molar-refractivity contribution is 5.83. The van der Waals surface area contributed by atoms with Gasteiger partial charge in [-0.25, -0.2) is 0 Å². The first-order valence-corrected chi connectivity index (χ1v) is 9.15. The van der Waals surface area contributed by atoms with Gasteiger partial charge in [-0.1, -0.05) is 18.2 Å². The van der Waals surface area contributed by atoms with Crippen molar-refractivity contribution in [3.63, 3.8) is 0 Å². The van der Waals surface area contributed by atoms with Gasteiger partial charge in [0.1, 0.15) is 5.82 Å². The molecular weight excluding hydrogens is 355 g/mol. The number of halogens is 3. The molecule has 1 aromatic carbocycles. The Labute approximate surface area is 155 Å². The second-order valence-electron chi connectivity index (χ2n) is 7.29. The number of piperidine rings is 1. The quantitative estimate of drug-likeness (QED) is 0.746. The van der Waals surface area contributed by atoms with Crippen molar-refractivity contribution >= 4 is 16.9 Å². The van der Waals surface area contributed by atoms with E-state index in [0.29, 0.717) is 31.9 Å². The molecule has 3 heterocycles. The molecule has 27 heavy (non-hydrogen) atoms. The lowest BCUT2D eigenvalue weighted by atomic mass is 9.95. The fraction of sp³-hybridized carbons (Fsp3) is 0.474. The minimum atomic E-state index is -4.12. The van der Waals surface area contributed by atoms with Crippen LogP contribution < -0.4 is 4.90 Å². The van der Waals surface area contributed by atoms with E-state index in [0.717, 1.165) is 28.7 Å². The van der Waals surface area contributed by atoms with Gasteiger partial charge in [-0.3, -0.25) is 0 Å². The first-order valence-electron chi connectivity index (χ1n) is 9.15. The highest BCUT2D eigenvalue weighted by atomic mass is 19.4. The van der Waals surface area contributed by atoms with E-state index in [9.17, 15) is 13.2 Å². The van der Waals surface area contributed by atoms with Crippen molar-refractivity contribution in [3.8, 4) is 0 Å². The third-order valence-corrected chi connectivity index (χ3v) is 5.29. The molecule has 1 aliphatic rings. The van der Waals surface area contributed by atoms with Crippen molar-refractivity contribution in [2.75, 3.05) is 18.0 Å². The zero-order valence-corrected chi connectivity index (χ0v) is 15.1. The molecule has 0 spiro atoms. The van der Waals surface area contributed by atoms with E-state index >= 15 is 0 Å². The zero-order valence-electron chi connectivity index (χ0n) is 15.1. The third-order valence-electron chi connectivity index (χ3n) is 5.29. The maximum atomic E-state index is 12.7. The Bertz CT molecular complexity index is 927. The number of alkyl halides is 3. The van der Waals surface area contributed by atoms with Gasteiger partial charge < -0.3 is 14.5 Å². The summed E-state index contributed by atoms with van der Waals surface area (Å²) in [6, 6.07) is 8.06. The fourth-order valence-corrected chi connectivity index (χ4v) is 3.97. The number of fused-ring (bicyclic) bond motifs is 1. The van der Waals surface area contributed by atoms with Gasteiger partial charge in [-0.15, -0.1) is 10.2 Å². The van der Waals surface area contributed by atoms with Gasteiger partial charge in [0.05, 0.1) is 0 Å². The summed E-state index contributed by atoms with van der Waals surface area (Å²) in [5.41, 5.74) is 2.20. The largest absolute Gasteiger partial charge is 0.389 e. The zero-order chi connectivity index (χ0) is 19.0. The summed E-state index contributed by atoms with van der Waals surface area (Å²) in [6.45, 7) is 1.09. The van der Waals surface area contributed by atoms with Crippen LogP contribution >= 0.6 is 0 Å². The standard InChI is InChI=1S/C19H22F3N5/c1-26-17(9-14-11-23-16-7-3-2-6-15(14)16)24-25-18(26)27-8-4-5-13(12-27)10-19(20,21)22/h2-3,6-7,11,13,23H,4-5,8-10,12H2,1H3. The number of rotatable bonds is 4. The average Bonchev–Trinajstić information content (AvgIpc) is 3.19. The van der Waals surface area contributed by atoms with Crippen LogP contribution in [0.5, 0.6) is 0 Å². The van der Waals surface area contributed by atoms with Crippen LogP contribution in [0.25, 0.3) is 10.9 Å². The topological polar surface area (TPSA) is 49.7 Å². The predicted octanol–water partition coefficient (Wildman–Crippen LogP) is 4.06. The summed E-state index contributed by atoms with van der Waals surface area (Å²) in [7, 11) is 1.88. The number of para-hydroxylation sites is 1. The molecule has 8 heteroatoms. The average molecular weight is 377 g/mol. The van der Waals surface area contributed by atoms with E-state index in [-0.39, 0.29) is 5.92 Å². The molecule has 0 saturated carbocycles. The molecule has 1 aliphatic heterocycles.